The summed E-state index contributed by atoms with van der Waals surface area (Å²) in [5, 5.41) is 3.31. The van der Waals surface area contributed by atoms with E-state index in [4.69, 9.17) is 0 Å². The summed E-state index contributed by atoms with van der Waals surface area (Å²) in [6.07, 6.45) is 2.46. The van der Waals surface area contributed by atoms with Gasteiger partial charge in [-0.1, -0.05) is 6.92 Å². The van der Waals surface area contributed by atoms with Gasteiger partial charge in [0, 0.05) is 19.1 Å². The lowest BCUT2D eigenvalue weighted by Gasteiger charge is -2.33. The molecular formula is C11H22N2O. The molecule has 1 amide bonds. The number of hydrogen-bond donors (Lipinski definition) is 1. The smallest absolute Gasteiger partial charge is 0.236 e. The van der Waals surface area contributed by atoms with Crippen LogP contribution in [0.5, 0.6) is 0 Å². The lowest BCUT2D eigenvalue weighted by molar-refractivity contribution is -0.130. The van der Waals surface area contributed by atoms with Gasteiger partial charge in [-0.2, -0.15) is 0 Å². The first-order chi connectivity index (χ1) is 6.67. The van der Waals surface area contributed by atoms with Crippen molar-refractivity contribution < 1.29 is 4.79 Å². The van der Waals surface area contributed by atoms with Crippen molar-refractivity contribution in [2.45, 2.75) is 39.7 Å². The van der Waals surface area contributed by atoms with Crippen LogP contribution in [0.25, 0.3) is 0 Å². The second-order valence-corrected chi connectivity index (χ2v) is 4.22. The standard InChI is InChI=1S/C11H22N2O/c1-4-13(5-2)11(14)8-12-10-6-9(3)7-10/h9-10,12H,4-8H2,1-3H3. The Bertz CT molecular complexity index is 184. The molecule has 1 fully saturated rings. The Hall–Kier alpha value is -0.570. The van der Waals surface area contributed by atoms with E-state index < -0.39 is 0 Å². The zero-order valence-electron chi connectivity index (χ0n) is 9.55. The number of hydrogen-bond acceptors (Lipinski definition) is 2. The summed E-state index contributed by atoms with van der Waals surface area (Å²) in [4.78, 5) is 13.5. The summed E-state index contributed by atoms with van der Waals surface area (Å²) in [7, 11) is 0. The lowest BCUT2D eigenvalue weighted by Crippen LogP contribution is -2.46. The fourth-order valence-electron chi connectivity index (χ4n) is 1.99. The Balaban J connectivity index is 2.14. The minimum absolute atomic E-state index is 0.231. The summed E-state index contributed by atoms with van der Waals surface area (Å²) < 4.78 is 0. The van der Waals surface area contributed by atoms with Crippen LogP contribution < -0.4 is 5.32 Å². The molecule has 0 aromatic rings. The second-order valence-electron chi connectivity index (χ2n) is 4.22. The van der Waals surface area contributed by atoms with E-state index in [1.165, 1.54) is 12.8 Å². The number of rotatable bonds is 5. The number of nitrogens with zero attached hydrogens (tertiary/aromatic N) is 1. The van der Waals surface area contributed by atoms with Gasteiger partial charge >= 0.3 is 0 Å². The predicted molar refractivity (Wildman–Crippen MR) is 58.1 cm³/mol. The minimum atomic E-state index is 0.231. The van der Waals surface area contributed by atoms with Crippen LogP contribution in [0.4, 0.5) is 0 Å². The Morgan fingerprint density at radius 1 is 1.36 bits per heavy atom. The molecule has 0 aromatic heterocycles. The lowest BCUT2D eigenvalue weighted by atomic mass is 9.82. The highest BCUT2D eigenvalue weighted by atomic mass is 16.2. The molecule has 0 aromatic carbocycles. The van der Waals surface area contributed by atoms with E-state index in [2.05, 4.69) is 12.2 Å². The third-order valence-electron chi connectivity index (χ3n) is 3.03. The molecule has 0 atom stereocenters. The molecule has 3 nitrogen and oxygen atoms in total. The number of amides is 1. The molecule has 0 aliphatic heterocycles. The van der Waals surface area contributed by atoms with E-state index in [0.29, 0.717) is 12.6 Å². The molecule has 82 valence electrons. The zero-order chi connectivity index (χ0) is 10.6. The fourth-order valence-corrected chi connectivity index (χ4v) is 1.99. The average Bonchev–Trinajstić information content (AvgIpc) is 2.12. The summed E-state index contributed by atoms with van der Waals surface area (Å²) in [5.74, 6) is 1.07. The quantitative estimate of drug-likeness (QED) is 0.721. The highest BCUT2D eigenvalue weighted by Gasteiger charge is 2.25. The van der Waals surface area contributed by atoms with Gasteiger partial charge in [0.1, 0.15) is 0 Å². The molecule has 0 radical (unpaired) electrons. The largest absolute Gasteiger partial charge is 0.342 e. The van der Waals surface area contributed by atoms with Crippen molar-refractivity contribution in [3.63, 3.8) is 0 Å². The van der Waals surface area contributed by atoms with Crippen LogP contribution in [0.15, 0.2) is 0 Å². The molecule has 1 N–H and O–H groups in total. The first-order valence-corrected chi connectivity index (χ1v) is 5.68. The van der Waals surface area contributed by atoms with Crippen LogP contribution in [0.2, 0.25) is 0 Å². The molecule has 1 aliphatic rings. The average molecular weight is 198 g/mol. The Labute approximate surface area is 86.9 Å². The second kappa shape index (κ2) is 5.35. The van der Waals surface area contributed by atoms with Crippen LogP contribution in [-0.4, -0.2) is 36.5 Å². The van der Waals surface area contributed by atoms with E-state index >= 15 is 0 Å². The number of carbonyl (C=O) groups excluding carboxylic acids is 1. The molecule has 0 bridgehead atoms. The summed E-state index contributed by atoms with van der Waals surface area (Å²) >= 11 is 0. The van der Waals surface area contributed by atoms with Crippen molar-refractivity contribution >= 4 is 5.91 Å². The van der Waals surface area contributed by atoms with Crippen LogP contribution >= 0.6 is 0 Å². The number of carbonyl (C=O) groups is 1. The molecular weight excluding hydrogens is 176 g/mol. The summed E-state index contributed by atoms with van der Waals surface area (Å²) in [6.45, 7) is 8.44. The highest BCUT2D eigenvalue weighted by molar-refractivity contribution is 5.78. The molecule has 0 heterocycles. The Kier molecular flexibility index (Phi) is 4.39. The van der Waals surface area contributed by atoms with Crippen LogP contribution in [-0.2, 0) is 4.79 Å². The molecule has 0 saturated heterocycles. The van der Waals surface area contributed by atoms with E-state index in [1.54, 1.807) is 0 Å². The van der Waals surface area contributed by atoms with Crippen molar-refractivity contribution in [1.82, 2.24) is 10.2 Å². The third kappa shape index (κ3) is 2.98. The van der Waals surface area contributed by atoms with Crippen molar-refractivity contribution in [3.8, 4) is 0 Å². The van der Waals surface area contributed by atoms with Gasteiger partial charge in [0.05, 0.1) is 6.54 Å². The van der Waals surface area contributed by atoms with E-state index in [-0.39, 0.29) is 5.91 Å². The van der Waals surface area contributed by atoms with E-state index in [9.17, 15) is 4.79 Å². The van der Waals surface area contributed by atoms with Gasteiger partial charge < -0.3 is 10.2 Å². The topological polar surface area (TPSA) is 32.3 Å². The van der Waals surface area contributed by atoms with E-state index in [0.717, 1.165) is 19.0 Å². The molecule has 1 aliphatic carbocycles. The normalized spacial score (nSPS) is 25.6. The maximum atomic E-state index is 11.6. The maximum Gasteiger partial charge on any atom is 0.236 e. The van der Waals surface area contributed by atoms with Gasteiger partial charge in [0.2, 0.25) is 5.91 Å². The number of nitrogens with one attached hydrogen (secondary N) is 1. The molecule has 1 rings (SSSR count). The predicted octanol–water partition coefficient (Wildman–Crippen LogP) is 1.24. The SMILES string of the molecule is CCN(CC)C(=O)CNC1CC(C)C1. The molecule has 0 unspecified atom stereocenters. The fraction of sp³-hybridized carbons (Fsp3) is 0.909. The van der Waals surface area contributed by atoms with Crippen molar-refractivity contribution in [2.24, 2.45) is 5.92 Å². The van der Waals surface area contributed by atoms with Gasteiger partial charge in [-0.15, -0.1) is 0 Å². The molecule has 3 heteroatoms. The van der Waals surface area contributed by atoms with Gasteiger partial charge in [-0.05, 0) is 32.6 Å². The summed E-state index contributed by atoms with van der Waals surface area (Å²) in [5.41, 5.74) is 0. The van der Waals surface area contributed by atoms with Gasteiger partial charge in [0.25, 0.3) is 0 Å². The first kappa shape index (κ1) is 11.5. The van der Waals surface area contributed by atoms with Crippen LogP contribution in [0.1, 0.15) is 33.6 Å². The number of likely N-dealkylation sites (N-methyl/N-ethyl adjacent to an activating group) is 1. The Morgan fingerprint density at radius 2 is 1.93 bits per heavy atom. The van der Waals surface area contributed by atoms with Crippen molar-refractivity contribution in [2.75, 3.05) is 19.6 Å². The Morgan fingerprint density at radius 3 is 2.36 bits per heavy atom. The van der Waals surface area contributed by atoms with Crippen LogP contribution in [0, 0.1) is 5.92 Å². The van der Waals surface area contributed by atoms with E-state index in [1.807, 2.05) is 18.7 Å². The maximum absolute atomic E-state index is 11.6. The third-order valence-corrected chi connectivity index (χ3v) is 3.03. The first-order valence-electron chi connectivity index (χ1n) is 5.68. The molecule has 14 heavy (non-hydrogen) atoms. The van der Waals surface area contributed by atoms with Gasteiger partial charge in [0.15, 0.2) is 0 Å². The molecule has 0 spiro atoms. The van der Waals surface area contributed by atoms with Crippen molar-refractivity contribution in [1.29, 1.82) is 0 Å². The van der Waals surface area contributed by atoms with Crippen molar-refractivity contribution in [3.05, 3.63) is 0 Å². The monoisotopic (exact) mass is 198 g/mol. The zero-order valence-corrected chi connectivity index (χ0v) is 9.55. The van der Waals surface area contributed by atoms with Gasteiger partial charge in [-0.3, -0.25) is 4.79 Å². The molecule has 1 saturated carbocycles. The van der Waals surface area contributed by atoms with Gasteiger partial charge in [-0.25, -0.2) is 0 Å². The van der Waals surface area contributed by atoms with Crippen LogP contribution in [0.3, 0.4) is 0 Å². The summed E-state index contributed by atoms with van der Waals surface area (Å²) in [6, 6.07) is 0.588. The highest BCUT2D eigenvalue weighted by Crippen LogP contribution is 2.25. The minimum Gasteiger partial charge on any atom is -0.342 e.